The normalized spacial score (nSPS) is 14.1. The number of aliphatic hydroxyl groups excluding tert-OH is 1. The van der Waals surface area contributed by atoms with Gasteiger partial charge in [-0.15, -0.1) is 0 Å². The molecule has 1 aromatic rings. The second-order valence-electron chi connectivity index (χ2n) is 4.11. The van der Waals surface area contributed by atoms with Crippen LogP contribution in [-0.4, -0.2) is 35.0 Å². The predicted molar refractivity (Wildman–Crippen MR) is 73.9 cm³/mol. The molecule has 100 valence electrons. The first-order valence-corrected chi connectivity index (χ1v) is 6.99. The van der Waals surface area contributed by atoms with E-state index in [0.29, 0.717) is 5.69 Å². The van der Waals surface area contributed by atoms with Crippen LogP contribution < -0.4 is 5.32 Å². The molecule has 0 spiro atoms. The standard InChI is InChI=1S/C13H18FNO2S/c1-8(12(7-16)18-3)15-11-6-4-5-10(14)13(11)9(2)17/h4-6,8,12,15-16H,7H2,1-3H3/t8-,12-/m0/s1. The minimum Gasteiger partial charge on any atom is -0.395 e. The topological polar surface area (TPSA) is 49.3 Å². The average Bonchev–Trinajstić information content (AvgIpc) is 2.30. The second-order valence-corrected chi connectivity index (χ2v) is 5.19. The van der Waals surface area contributed by atoms with Gasteiger partial charge in [-0.05, 0) is 32.2 Å². The highest BCUT2D eigenvalue weighted by molar-refractivity contribution is 7.99. The van der Waals surface area contributed by atoms with Gasteiger partial charge in [0.25, 0.3) is 0 Å². The van der Waals surface area contributed by atoms with E-state index in [0.717, 1.165) is 0 Å². The van der Waals surface area contributed by atoms with Crippen molar-refractivity contribution in [3.8, 4) is 0 Å². The molecule has 1 rings (SSSR count). The zero-order chi connectivity index (χ0) is 13.7. The lowest BCUT2D eigenvalue weighted by Gasteiger charge is -2.23. The number of Topliss-reactive ketones (excluding diaryl/α,β-unsaturated/α-hetero) is 1. The van der Waals surface area contributed by atoms with Gasteiger partial charge in [-0.1, -0.05) is 6.07 Å². The smallest absolute Gasteiger partial charge is 0.164 e. The van der Waals surface area contributed by atoms with Gasteiger partial charge in [0, 0.05) is 17.0 Å². The van der Waals surface area contributed by atoms with Gasteiger partial charge in [-0.2, -0.15) is 11.8 Å². The summed E-state index contributed by atoms with van der Waals surface area (Å²) in [5.74, 6) is -0.836. The molecule has 0 fully saturated rings. The van der Waals surface area contributed by atoms with Gasteiger partial charge in [0.1, 0.15) is 5.82 Å². The molecule has 1 aromatic carbocycles. The Morgan fingerprint density at radius 3 is 2.72 bits per heavy atom. The van der Waals surface area contributed by atoms with Crippen LogP contribution in [0.25, 0.3) is 0 Å². The summed E-state index contributed by atoms with van der Waals surface area (Å²) in [6, 6.07) is 4.43. The Labute approximate surface area is 111 Å². The van der Waals surface area contributed by atoms with Crippen LogP contribution in [-0.2, 0) is 0 Å². The fourth-order valence-corrected chi connectivity index (χ4v) is 2.40. The van der Waals surface area contributed by atoms with Gasteiger partial charge in [-0.3, -0.25) is 4.79 Å². The van der Waals surface area contributed by atoms with Crippen molar-refractivity contribution in [1.29, 1.82) is 0 Å². The first-order chi connectivity index (χ1) is 8.51. The van der Waals surface area contributed by atoms with Gasteiger partial charge in [0.2, 0.25) is 0 Å². The molecule has 3 nitrogen and oxygen atoms in total. The number of rotatable bonds is 6. The zero-order valence-corrected chi connectivity index (χ0v) is 11.6. The first kappa shape index (κ1) is 15.0. The number of ketones is 1. The quantitative estimate of drug-likeness (QED) is 0.781. The minimum absolute atomic E-state index is 0.00641. The molecule has 2 atom stereocenters. The number of thioether (sulfide) groups is 1. The van der Waals surface area contributed by atoms with Crippen molar-refractivity contribution in [3.05, 3.63) is 29.6 Å². The number of carbonyl (C=O) groups excluding carboxylic acids is 1. The second kappa shape index (κ2) is 6.75. The summed E-state index contributed by atoms with van der Waals surface area (Å²) in [6.45, 7) is 3.26. The van der Waals surface area contributed by atoms with Crippen molar-refractivity contribution in [2.45, 2.75) is 25.1 Å². The van der Waals surface area contributed by atoms with Gasteiger partial charge in [-0.25, -0.2) is 4.39 Å². The summed E-state index contributed by atoms with van der Waals surface area (Å²) in [6.07, 6.45) is 1.90. The van der Waals surface area contributed by atoms with Crippen LogP contribution in [0, 0.1) is 5.82 Å². The molecule has 0 heterocycles. The fourth-order valence-electron chi connectivity index (χ4n) is 1.78. The highest BCUT2D eigenvalue weighted by atomic mass is 32.2. The molecule has 0 aromatic heterocycles. The Bertz CT molecular complexity index is 421. The van der Waals surface area contributed by atoms with Gasteiger partial charge in [0.15, 0.2) is 5.78 Å². The number of halogens is 1. The van der Waals surface area contributed by atoms with Gasteiger partial charge >= 0.3 is 0 Å². The summed E-state index contributed by atoms with van der Waals surface area (Å²) in [4.78, 5) is 11.4. The van der Waals surface area contributed by atoms with Crippen molar-refractivity contribution in [1.82, 2.24) is 0 Å². The van der Waals surface area contributed by atoms with E-state index < -0.39 is 5.82 Å². The van der Waals surface area contributed by atoms with Crippen LogP contribution in [0.2, 0.25) is 0 Å². The lowest BCUT2D eigenvalue weighted by molar-refractivity contribution is 0.101. The zero-order valence-electron chi connectivity index (χ0n) is 10.7. The highest BCUT2D eigenvalue weighted by Crippen LogP contribution is 2.22. The predicted octanol–water partition coefficient (Wildman–Crippen LogP) is 2.55. The molecular weight excluding hydrogens is 253 g/mol. The van der Waals surface area contributed by atoms with E-state index >= 15 is 0 Å². The van der Waals surface area contributed by atoms with E-state index in [4.69, 9.17) is 0 Å². The van der Waals surface area contributed by atoms with Crippen LogP contribution in [0.15, 0.2) is 18.2 Å². The van der Waals surface area contributed by atoms with E-state index in [2.05, 4.69) is 5.32 Å². The Morgan fingerprint density at radius 1 is 1.56 bits per heavy atom. The molecule has 0 aliphatic carbocycles. The maximum Gasteiger partial charge on any atom is 0.164 e. The van der Waals surface area contributed by atoms with Gasteiger partial charge < -0.3 is 10.4 Å². The number of carbonyl (C=O) groups is 1. The maximum atomic E-state index is 13.6. The number of benzene rings is 1. The number of aliphatic hydroxyl groups is 1. The van der Waals surface area contributed by atoms with E-state index in [9.17, 15) is 14.3 Å². The lowest BCUT2D eigenvalue weighted by Crippen LogP contribution is -2.31. The third-order valence-corrected chi connectivity index (χ3v) is 3.95. The lowest BCUT2D eigenvalue weighted by atomic mass is 10.1. The number of hydrogen-bond acceptors (Lipinski definition) is 4. The molecule has 0 amide bonds. The molecule has 0 saturated carbocycles. The first-order valence-electron chi connectivity index (χ1n) is 5.70. The summed E-state index contributed by atoms with van der Waals surface area (Å²) in [5, 5.41) is 12.3. The molecule has 0 radical (unpaired) electrons. The van der Waals surface area contributed by atoms with E-state index in [1.54, 1.807) is 12.1 Å². The van der Waals surface area contributed by atoms with Crippen LogP contribution in [0.5, 0.6) is 0 Å². The summed E-state index contributed by atoms with van der Waals surface area (Å²) in [5.41, 5.74) is 0.546. The molecule has 5 heteroatoms. The molecule has 2 N–H and O–H groups in total. The Hall–Kier alpha value is -1.07. The highest BCUT2D eigenvalue weighted by Gasteiger charge is 2.19. The molecule has 18 heavy (non-hydrogen) atoms. The maximum absolute atomic E-state index is 13.6. The van der Waals surface area contributed by atoms with Crippen LogP contribution >= 0.6 is 11.8 Å². The third kappa shape index (κ3) is 3.46. The number of hydrogen-bond donors (Lipinski definition) is 2. The summed E-state index contributed by atoms with van der Waals surface area (Å²) < 4.78 is 13.6. The van der Waals surface area contributed by atoms with Crippen LogP contribution in [0.1, 0.15) is 24.2 Å². The Morgan fingerprint density at radius 2 is 2.22 bits per heavy atom. The van der Waals surface area contributed by atoms with Crippen molar-refractivity contribution >= 4 is 23.2 Å². The van der Waals surface area contributed by atoms with E-state index in [-0.39, 0.29) is 29.2 Å². The van der Waals surface area contributed by atoms with Crippen molar-refractivity contribution in [3.63, 3.8) is 0 Å². The molecule has 0 saturated heterocycles. The molecule has 0 bridgehead atoms. The number of nitrogens with one attached hydrogen (secondary N) is 1. The van der Waals surface area contributed by atoms with E-state index in [1.165, 1.54) is 24.8 Å². The minimum atomic E-state index is -0.524. The fraction of sp³-hybridized carbons (Fsp3) is 0.462. The summed E-state index contributed by atoms with van der Waals surface area (Å²) >= 11 is 1.52. The Kier molecular flexibility index (Phi) is 5.62. The SMILES string of the molecule is CS[C@@H](CO)[C@H](C)Nc1cccc(F)c1C(C)=O. The van der Waals surface area contributed by atoms with Gasteiger partial charge in [0.05, 0.1) is 12.2 Å². The largest absolute Gasteiger partial charge is 0.395 e. The average molecular weight is 271 g/mol. The molecule has 0 aliphatic heterocycles. The third-order valence-electron chi connectivity index (χ3n) is 2.79. The van der Waals surface area contributed by atoms with Crippen molar-refractivity contribution in [2.24, 2.45) is 0 Å². The summed E-state index contributed by atoms with van der Waals surface area (Å²) in [7, 11) is 0. The van der Waals surface area contributed by atoms with Crippen molar-refractivity contribution in [2.75, 3.05) is 18.2 Å². The Balaban J connectivity index is 2.97. The van der Waals surface area contributed by atoms with Crippen LogP contribution in [0.3, 0.4) is 0 Å². The number of anilines is 1. The molecule has 0 unspecified atom stereocenters. The van der Waals surface area contributed by atoms with Crippen LogP contribution in [0.4, 0.5) is 10.1 Å². The molecular formula is C13H18FNO2S. The van der Waals surface area contributed by atoms with Crippen molar-refractivity contribution < 1.29 is 14.3 Å². The monoisotopic (exact) mass is 271 g/mol. The van der Waals surface area contributed by atoms with E-state index in [1.807, 2.05) is 13.2 Å². The molecule has 0 aliphatic rings.